The molecule has 1 aliphatic rings. The second-order valence-corrected chi connectivity index (χ2v) is 4.24. The van der Waals surface area contributed by atoms with E-state index in [1.54, 1.807) is 0 Å². The van der Waals surface area contributed by atoms with Crippen molar-refractivity contribution >= 4 is 12.4 Å². The molecule has 0 radical (unpaired) electrons. The predicted molar refractivity (Wildman–Crippen MR) is 53.7 cm³/mol. The Morgan fingerprint density at radius 3 is 2.00 bits per heavy atom. The Bertz CT molecular complexity index is 97.7. The van der Waals surface area contributed by atoms with Gasteiger partial charge in [-0.1, -0.05) is 27.2 Å². The van der Waals surface area contributed by atoms with Gasteiger partial charge in [0.25, 0.3) is 0 Å². The molecule has 0 atom stereocenters. The number of hydrogen-bond donors (Lipinski definition) is 1. The van der Waals surface area contributed by atoms with Crippen LogP contribution in [0, 0.1) is 11.3 Å². The summed E-state index contributed by atoms with van der Waals surface area (Å²) in [5.41, 5.74) is 0.782. The highest BCUT2D eigenvalue weighted by atomic mass is 35.5. The van der Waals surface area contributed by atoms with Crippen molar-refractivity contribution in [2.45, 2.75) is 46.5 Å². The third-order valence-electron chi connectivity index (χ3n) is 2.43. The molecule has 0 bridgehead atoms. The van der Waals surface area contributed by atoms with Crippen LogP contribution in [0.15, 0.2) is 0 Å². The van der Waals surface area contributed by atoms with Gasteiger partial charge in [-0.15, -0.1) is 12.4 Å². The van der Waals surface area contributed by atoms with E-state index in [1.807, 2.05) is 0 Å². The monoisotopic (exact) mass is 179 g/mol. The third-order valence-corrected chi connectivity index (χ3v) is 2.43. The average Bonchev–Trinajstić information content (AvgIpc) is 2.45. The summed E-state index contributed by atoms with van der Waals surface area (Å²) in [7, 11) is 0. The van der Waals surface area contributed by atoms with Gasteiger partial charge in [0.2, 0.25) is 0 Å². The molecule has 0 heterocycles. The van der Waals surface area contributed by atoms with Crippen LogP contribution < -0.4 is 6.15 Å². The normalized spacial score (nSPS) is 18.5. The maximum atomic E-state index is 2.41. The highest BCUT2D eigenvalue weighted by molar-refractivity contribution is 5.85. The number of hydrogen-bond acceptors (Lipinski definition) is 1. The Morgan fingerprint density at radius 2 is 1.73 bits per heavy atom. The fraction of sp³-hybridized carbons (Fsp3) is 1.00. The lowest BCUT2D eigenvalue weighted by Gasteiger charge is -2.08. The molecule has 70 valence electrons. The van der Waals surface area contributed by atoms with Crippen LogP contribution in [0.3, 0.4) is 0 Å². The van der Waals surface area contributed by atoms with Crippen molar-refractivity contribution in [2.24, 2.45) is 11.3 Å². The first-order valence-corrected chi connectivity index (χ1v) is 4.12. The van der Waals surface area contributed by atoms with E-state index in [-0.39, 0.29) is 18.6 Å². The minimum absolute atomic E-state index is 0. The minimum atomic E-state index is 0. The summed E-state index contributed by atoms with van der Waals surface area (Å²) in [4.78, 5) is 0. The summed E-state index contributed by atoms with van der Waals surface area (Å²) >= 11 is 0. The van der Waals surface area contributed by atoms with Crippen LogP contribution >= 0.6 is 12.4 Å². The van der Waals surface area contributed by atoms with Crippen molar-refractivity contribution in [2.75, 3.05) is 0 Å². The molecule has 1 aliphatic carbocycles. The molecule has 0 aromatic carbocycles. The zero-order chi connectivity index (χ0) is 6.91. The molecule has 0 aromatic heterocycles. The van der Waals surface area contributed by atoms with Gasteiger partial charge in [-0.25, -0.2) is 0 Å². The van der Waals surface area contributed by atoms with Gasteiger partial charge in [0.1, 0.15) is 0 Å². The van der Waals surface area contributed by atoms with E-state index in [1.165, 1.54) is 25.7 Å². The van der Waals surface area contributed by atoms with Gasteiger partial charge in [0.15, 0.2) is 0 Å². The lowest BCUT2D eigenvalue weighted by atomic mass is 9.97. The Kier molecular flexibility index (Phi) is 6.27. The number of halogens is 1. The van der Waals surface area contributed by atoms with Crippen LogP contribution in [0.1, 0.15) is 46.5 Å². The van der Waals surface area contributed by atoms with Crippen LogP contribution in [-0.4, -0.2) is 0 Å². The molecule has 1 fully saturated rings. The summed E-state index contributed by atoms with van der Waals surface area (Å²) in [6.07, 6.45) is 5.86. The molecule has 1 nitrogen and oxygen atoms in total. The van der Waals surface area contributed by atoms with E-state index >= 15 is 0 Å². The molecule has 3 N–H and O–H groups in total. The van der Waals surface area contributed by atoms with Crippen molar-refractivity contribution in [3.05, 3.63) is 0 Å². The molecule has 0 saturated heterocycles. The second-order valence-electron chi connectivity index (χ2n) is 4.24. The van der Waals surface area contributed by atoms with E-state index in [2.05, 4.69) is 20.8 Å². The molecule has 1 rings (SSSR count). The summed E-state index contributed by atoms with van der Waals surface area (Å²) in [5, 5.41) is 0. The van der Waals surface area contributed by atoms with E-state index in [9.17, 15) is 0 Å². The Morgan fingerprint density at radius 1 is 1.27 bits per heavy atom. The third kappa shape index (κ3) is 5.51. The zero-order valence-electron chi connectivity index (χ0n) is 8.02. The molecular formula is C9H22ClN. The lowest BCUT2D eigenvalue weighted by molar-refractivity contribution is 0.436. The first-order valence-electron chi connectivity index (χ1n) is 4.12. The van der Waals surface area contributed by atoms with Crippen molar-refractivity contribution in [3.8, 4) is 0 Å². The molecule has 0 unspecified atom stereocenters. The lowest BCUT2D eigenvalue weighted by Crippen LogP contribution is -1.96. The molecule has 1 saturated carbocycles. The molecule has 0 amide bonds. The van der Waals surface area contributed by atoms with Crippen LogP contribution in [0.4, 0.5) is 0 Å². The maximum absolute atomic E-state index is 2.41. The molecular weight excluding hydrogens is 158 g/mol. The van der Waals surface area contributed by atoms with Gasteiger partial charge in [-0.2, -0.15) is 0 Å². The molecule has 2 heteroatoms. The Balaban J connectivity index is 0. The summed E-state index contributed by atoms with van der Waals surface area (Å²) in [5.74, 6) is 0.905. The molecule has 0 spiro atoms. The fourth-order valence-corrected chi connectivity index (χ4v) is 1.10. The van der Waals surface area contributed by atoms with Gasteiger partial charge >= 0.3 is 0 Å². The van der Waals surface area contributed by atoms with Gasteiger partial charge in [0, 0.05) is 0 Å². The standard InChI is InChI=1S/C9H18.ClH.H3N/c1-8(2)4-5-9(3)6-7-9;;/h8H,4-7H2,1-3H3;1H;1H3. The molecule has 0 aromatic rings. The van der Waals surface area contributed by atoms with E-state index in [0.717, 1.165) is 11.3 Å². The SMILES string of the molecule is CC(C)CCC1(C)CC1.Cl.N. The Labute approximate surface area is 76.9 Å². The topological polar surface area (TPSA) is 35.0 Å². The first kappa shape index (κ1) is 13.8. The summed E-state index contributed by atoms with van der Waals surface area (Å²) < 4.78 is 0. The highest BCUT2D eigenvalue weighted by Crippen LogP contribution is 2.49. The van der Waals surface area contributed by atoms with Crippen LogP contribution in [0.2, 0.25) is 0 Å². The fourth-order valence-electron chi connectivity index (χ4n) is 1.10. The maximum Gasteiger partial charge on any atom is -0.0325 e. The average molecular weight is 180 g/mol. The van der Waals surface area contributed by atoms with E-state index in [4.69, 9.17) is 0 Å². The predicted octanol–water partition coefficient (Wildman–Crippen LogP) is 3.81. The summed E-state index contributed by atoms with van der Waals surface area (Å²) in [6, 6.07) is 0. The van der Waals surface area contributed by atoms with E-state index in [0.29, 0.717) is 0 Å². The first-order chi connectivity index (χ1) is 4.12. The van der Waals surface area contributed by atoms with Crippen molar-refractivity contribution in [1.82, 2.24) is 6.15 Å². The van der Waals surface area contributed by atoms with Gasteiger partial charge in [-0.05, 0) is 30.6 Å². The van der Waals surface area contributed by atoms with Gasteiger partial charge < -0.3 is 6.15 Å². The quantitative estimate of drug-likeness (QED) is 0.703. The Hall–Kier alpha value is 0.250. The van der Waals surface area contributed by atoms with Crippen LogP contribution in [0.5, 0.6) is 0 Å². The van der Waals surface area contributed by atoms with Crippen molar-refractivity contribution < 1.29 is 0 Å². The van der Waals surface area contributed by atoms with Crippen molar-refractivity contribution in [1.29, 1.82) is 0 Å². The van der Waals surface area contributed by atoms with Crippen LogP contribution in [-0.2, 0) is 0 Å². The van der Waals surface area contributed by atoms with Gasteiger partial charge in [0.05, 0.1) is 0 Å². The molecule has 11 heavy (non-hydrogen) atoms. The largest absolute Gasteiger partial charge is 0.344 e. The highest BCUT2D eigenvalue weighted by Gasteiger charge is 2.36. The minimum Gasteiger partial charge on any atom is -0.344 e. The summed E-state index contributed by atoms with van der Waals surface area (Å²) in [6.45, 7) is 7.03. The smallest absolute Gasteiger partial charge is 0.0325 e. The van der Waals surface area contributed by atoms with E-state index < -0.39 is 0 Å². The molecule has 0 aliphatic heterocycles. The van der Waals surface area contributed by atoms with Gasteiger partial charge in [-0.3, -0.25) is 0 Å². The second kappa shape index (κ2) is 5.00. The van der Waals surface area contributed by atoms with Crippen LogP contribution in [0.25, 0.3) is 0 Å². The van der Waals surface area contributed by atoms with Crippen molar-refractivity contribution in [3.63, 3.8) is 0 Å². The zero-order valence-corrected chi connectivity index (χ0v) is 8.84. The number of rotatable bonds is 3.